The normalized spacial score (nSPS) is 29.2. The molecule has 2 aliphatic carbocycles. The van der Waals surface area contributed by atoms with Crippen molar-refractivity contribution in [1.82, 2.24) is 19.7 Å². The lowest BCUT2D eigenvalue weighted by Gasteiger charge is -2.41. The van der Waals surface area contributed by atoms with Crippen LogP contribution in [0.25, 0.3) is 10.9 Å². The number of methoxy groups -OCH3 is 2. The number of Topliss-reactive ketones (excluding diaryl/α,β-unsaturated/α-hetero) is 2. The van der Waals surface area contributed by atoms with Crippen LogP contribution >= 0.6 is 0 Å². The van der Waals surface area contributed by atoms with Crippen molar-refractivity contribution in [2.75, 3.05) is 71.7 Å². The average Bonchev–Trinajstić information content (AvgIpc) is 1.69. The third kappa shape index (κ3) is 11.9. The number of esters is 1. The van der Waals surface area contributed by atoms with Crippen LogP contribution in [0.2, 0.25) is 0 Å². The fourth-order valence-electron chi connectivity index (χ4n) is 12.4. The molecule has 1 saturated carbocycles. The highest BCUT2D eigenvalue weighted by molar-refractivity contribution is 6.33. The van der Waals surface area contributed by atoms with Gasteiger partial charge in [-0.3, -0.25) is 28.8 Å². The first-order valence-corrected chi connectivity index (χ1v) is 29.0. The summed E-state index contributed by atoms with van der Waals surface area (Å²) in [4.78, 5) is 108. The van der Waals surface area contributed by atoms with Crippen LogP contribution in [-0.4, -0.2) is 179 Å². The Labute approximate surface area is 501 Å². The maximum absolute atomic E-state index is 16.4. The van der Waals surface area contributed by atoms with Crippen molar-refractivity contribution in [3.63, 3.8) is 0 Å². The van der Waals surface area contributed by atoms with Crippen LogP contribution in [0.3, 0.4) is 0 Å². The molecule has 7 aliphatic rings. The van der Waals surface area contributed by atoms with Crippen LogP contribution in [0, 0.1) is 36.4 Å². The Morgan fingerprint density at radius 1 is 0.897 bits per heavy atom. The molecule has 5 bridgehead atoms. The number of hydrogen-bond acceptors (Lipinski definition) is 20. The second-order valence-corrected chi connectivity index (χ2v) is 23.3. The molecule has 5 aliphatic heterocycles. The van der Waals surface area contributed by atoms with E-state index in [1.165, 1.54) is 71.4 Å². The second kappa shape index (κ2) is 25.3. The van der Waals surface area contributed by atoms with Gasteiger partial charge in [0.05, 0.1) is 72.5 Å². The van der Waals surface area contributed by atoms with Crippen molar-refractivity contribution < 1.29 is 86.8 Å². The van der Waals surface area contributed by atoms with E-state index in [4.69, 9.17) is 33.3 Å². The van der Waals surface area contributed by atoms with Gasteiger partial charge < -0.3 is 78.3 Å². The van der Waals surface area contributed by atoms with Crippen LogP contribution in [0.1, 0.15) is 116 Å². The number of allylic oxidation sites excluding steroid dienone is 4. The SMILES string of the molecule is COc1c(N2CCN(C(=O)CO/N=C3/c4c5c(C)c(O)c6c4C(=O)C(N4CCOCC4)=C(NC(=O)/C(C)=C\C=C\[C@H](C)[C@H](O)[C@@H](C)[C@@H](O)[C@@H](C)[C@H](OC(C)=O)[C@H](C)[C@@H](OC)/C=C/O[C@@]3(C)O5)C6=O)C(C)C2)c(F)cc2c(=O)c(C(=O)O)cn(C3CC3)c12. The van der Waals surface area contributed by atoms with Gasteiger partial charge in [-0.25, -0.2) is 9.18 Å². The number of nitrogens with zero attached hydrogens (tertiary/aromatic N) is 5. The first-order chi connectivity index (χ1) is 41.3. The van der Waals surface area contributed by atoms with E-state index in [0.717, 1.165) is 6.07 Å². The number of carbonyl (C=O) groups excluding carboxylic acids is 5. The first kappa shape index (κ1) is 63.4. The summed E-state index contributed by atoms with van der Waals surface area (Å²) in [7, 11) is 2.75. The number of ketones is 2. The van der Waals surface area contributed by atoms with Gasteiger partial charge in [0.1, 0.15) is 40.2 Å². The molecular formula is C62H75FN6O18. The van der Waals surface area contributed by atoms with E-state index in [1.807, 2.05) is 0 Å². The number of piperazine rings is 1. The van der Waals surface area contributed by atoms with Gasteiger partial charge >= 0.3 is 11.9 Å². The summed E-state index contributed by atoms with van der Waals surface area (Å²) >= 11 is 0. The Bertz CT molecular complexity index is 3530. The number of aliphatic hydroxyl groups excluding tert-OH is 2. The molecule has 5 N–H and O–H groups in total. The topological polar surface area (TPSA) is 304 Å². The lowest BCUT2D eigenvalue weighted by Crippen LogP contribution is -2.55. The fraction of sp³-hybridized carbons (Fsp3) is 0.516. The van der Waals surface area contributed by atoms with Crippen LogP contribution in [0.4, 0.5) is 10.1 Å². The van der Waals surface area contributed by atoms with Crippen LogP contribution < -0.4 is 25.1 Å². The number of benzene rings is 2. The number of ether oxygens (including phenoxy) is 6. The highest BCUT2D eigenvalue weighted by Gasteiger charge is 2.53. The summed E-state index contributed by atoms with van der Waals surface area (Å²) in [6.45, 7) is 14.1. The molecule has 3 aromatic rings. The smallest absolute Gasteiger partial charge is 0.341 e. The fourth-order valence-corrected chi connectivity index (χ4v) is 12.4. The van der Waals surface area contributed by atoms with E-state index < -0.39 is 136 Å². The quantitative estimate of drug-likeness (QED) is 0.131. The van der Waals surface area contributed by atoms with E-state index in [0.29, 0.717) is 12.8 Å². The monoisotopic (exact) mass is 1210 g/mol. The van der Waals surface area contributed by atoms with E-state index in [2.05, 4.69) is 10.5 Å². The number of oxime groups is 1. The predicted molar refractivity (Wildman–Crippen MR) is 312 cm³/mol. The van der Waals surface area contributed by atoms with Crippen LogP contribution in [0.5, 0.6) is 17.2 Å². The minimum absolute atomic E-state index is 0.0274. The molecule has 6 heterocycles. The molecule has 1 unspecified atom stereocenters. The predicted octanol–water partition coefficient (Wildman–Crippen LogP) is 5.06. The average molecular weight is 1210 g/mol. The number of nitrogens with one attached hydrogen (secondary N) is 1. The Hall–Kier alpha value is -8.13. The number of carboxylic acids is 1. The van der Waals surface area contributed by atoms with E-state index >= 15 is 14.0 Å². The standard InChI is InChI=1S/C62H75FN6O18/c1-29-13-12-14-30(2)60(78)64-46-49(66-20-23-83-24-21-66)55(77)43-44(54(46)76)52(74)35(7)57-45(43)59(62(9,87-57)84-22-17-41(81-10)32(4)56(86-36(8)70)34(6)51(73)33(5)50(29)72)65-85-28-42(71)68-19-18-67(26-31(68)3)48-40(63)25-38-47(58(48)82-11)69(37-15-16-37)27-39(53(38)75)61(79)80/h12-14,17,22,25,27,29,31-34,37,41,50-51,56,72-74H,15-16,18-21,23-24,26,28H2,1-11H3,(H,64,78)(H,79,80)/b13-12+,22-17+,30-14-,65-59-/t29-,31?,32+,33+,34+,41-,50-,51+,56+,62-/m0/s1. The molecule has 24 nitrogen and oxygen atoms in total. The van der Waals surface area contributed by atoms with Gasteiger partial charge in [0.2, 0.25) is 17.0 Å². The second-order valence-electron chi connectivity index (χ2n) is 23.3. The molecule has 87 heavy (non-hydrogen) atoms. The number of aromatic carboxylic acids is 1. The number of pyridine rings is 1. The summed E-state index contributed by atoms with van der Waals surface area (Å²) in [5.41, 5.74) is -2.89. The highest BCUT2D eigenvalue weighted by Crippen LogP contribution is 2.50. The largest absolute Gasteiger partial charge is 0.507 e. The first-order valence-electron chi connectivity index (χ1n) is 29.0. The number of aromatic hydroxyl groups is 1. The molecule has 1 aromatic heterocycles. The number of phenolic OH excluding ortho intramolecular Hbond substituents is 1. The molecule has 468 valence electrons. The number of aromatic nitrogens is 1. The van der Waals surface area contributed by atoms with Crippen molar-refractivity contribution in [3.8, 4) is 17.2 Å². The van der Waals surface area contributed by atoms with E-state index in [-0.39, 0.29) is 114 Å². The Balaban J connectivity index is 1.10. The van der Waals surface area contributed by atoms with Gasteiger partial charge in [-0.15, -0.1) is 0 Å². The number of halogens is 1. The third-order valence-electron chi connectivity index (χ3n) is 17.5. The lowest BCUT2D eigenvalue weighted by molar-refractivity contribution is -0.160. The number of anilines is 1. The third-order valence-corrected chi connectivity index (χ3v) is 17.5. The van der Waals surface area contributed by atoms with Gasteiger partial charge in [-0.1, -0.05) is 51.1 Å². The minimum Gasteiger partial charge on any atom is -0.507 e. The maximum Gasteiger partial charge on any atom is 0.341 e. The Morgan fingerprint density at radius 3 is 2.23 bits per heavy atom. The van der Waals surface area contributed by atoms with Gasteiger partial charge in [0.15, 0.2) is 23.9 Å². The van der Waals surface area contributed by atoms with Crippen LogP contribution in [-0.2, 0) is 38.2 Å². The molecule has 0 spiro atoms. The summed E-state index contributed by atoms with van der Waals surface area (Å²) in [6, 6.07) is 0.289. The minimum atomic E-state index is -2.10. The van der Waals surface area contributed by atoms with Crippen LogP contribution in [0.15, 0.2) is 69.7 Å². The number of hydrogen-bond donors (Lipinski definition) is 5. The number of morpholine rings is 1. The number of carboxylic acid groups (broad SMARTS) is 1. The van der Waals surface area contributed by atoms with Crippen molar-refractivity contribution in [1.29, 1.82) is 0 Å². The molecular weight excluding hydrogens is 1140 g/mol. The van der Waals surface area contributed by atoms with Gasteiger partial charge in [0, 0.05) is 107 Å². The Morgan fingerprint density at radius 2 is 1.60 bits per heavy atom. The van der Waals surface area contributed by atoms with E-state index in [9.17, 15) is 44.4 Å². The zero-order chi connectivity index (χ0) is 63.2. The summed E-state index contributed by atoms with van der Waals surface area (Å²) < 4.78 is 54.2. The molecule has 25 heteroatoms. The highest BCUT2D eigenvalue weighted by atomic mass is 19.1. The molecule has 2 aromatic carbocycles. The van der Waals surface area contributed by atoms with Crippen molar-refractivity contribution in [3.05, 3.63) is 104 Å². The number of rotatable bonds is 10. The van der Waals surface area contributed by atoms with Crippen molar-refractivity contribution in [2.24, 2.45) is 28.8 Å². The number of fused-ring (bicyclic) bond motifs is 15. The van der Waals surface area contributed by atoms with E-state index in [1.54, 1.807) is 61.1 Å². The summed E-state index contributed by atoms with van der Waals surface area (Å²) in [5.74, 6) is -11.6. The number of aliphatic hydroxyl groups is 2. The zero-order valence-electron chi connectivity index (χ0n) is 50.5. The molecule has 2 saturated heterocycles. The molecule has 0 radical (unpaired) electrons. The van der Waals surface area contributed by atoms with Gasteiger partial charge in [0.25, 0.3) is 17.6 Å². The molecule has 2 amide bonds. The Kier molecular flexibility index (Phi) is 18.4. The molecule has 10 rings (SSSR count). The number of phenols is 1. The van der Waals surface area contributed by atoms with Crippen molar-refractivity contribution >= 4 is 57.6 Å². The molecule has 10 atom stereocenters. The van der Waals surface area contributed by atoms with Crippen molar-refractivity contribution in [2.45, 2.75) is 117 Å². The zero-order valence-corrected chi connectivity index (χ0v) is 50.5. The maximum atomic E-state index is 16.4. The number of amides is 2. The van der Waals surface area contributed by atoms with Gasteiger partial charge in [-0.2, -0.15) is 0 Å². The molecule has 3 fully saturated rings. The lowest BCUT2D eigenvalue weighted by atomic mass is 9.78. The summed E-state index contributed by atoms with van der Waals surface area (Å²) in [5, 5.41) is 52.2. The number of carbonyl (C=O) groups is 6. The summed E-state index contributed by atoms with van der Waals surface area (Å²) in [6.07, 6.45) is 5.79. The van der Waals surface area contributed by atoms with Gasteiger partial charge in [-0.05, 0) is 45.8 Å².